The first kappa shape index (κ1) is 13.7. The lowest BCUT2D eigenvalue weighted by Crippen LogP contribution is -1.98. The quantitative estimate of drug-likeness (QED) is 0.615. The summed E-state index contributed by atoms with van der Waals surface area (Å²) in [5.74, 6) is 0. The molecule has 0 aromatic heterocycles. The molecular weight excluding hydrogens is 287 g/mol. The van der Waals surface area contributed by atoms with Gasteiger partial charge in [-0.2, -0.15) is 0 Å². The Labute approximate surface area is 130 Å². The average molecular weight is 303 g/mol. The number of aryl methyl sites for hydroxylation is 1. The van der Waals surface area contributed by atoms with Gasteiger partial charge in [0.15, 0.2) is 0 Å². The van der Waals surface area contributed by atoms with Crippen LogP contribution >= 0.6 is 23.2 Å². The summed E-state index contributed by atoms with van der Waals surface area (Å²) < 4.78 is 0. The standard InChI is InChI=1S/C18H16Cl2/c1-11-8-9-14(13-6-4-3-5-7-13)17-15(11)10-12(2)16(17)18(19)20/h3-9,18H,10H2,1-2H3. The molecule has 102 valence electrons. The first-order chi connectivity index (χ1) is 9.59. The molecule has 0 amide bonds. The Balaban J connectivity index is 2.28. The lowest BCUT2D eigenvalue weighted by Gasteiger charge is -2.15. The summed E-state index contributed by atoms with van der Waals surface area (Å²) in [7, 11) is 0. The first-order valence-electron chi connectivity index (χ1n) is 6.75. The van der Waals surface area contributed by atoms with Crippen molar-refractivity contribution in [3.63, 3.8) is 0 Å². The maximum Gasteiger partial charge on any atom is 0.133 e. The zero-order valence-electron chi connectivity index (χ0n) is 11.6. The van der Waals surface area contributed by atoms with Crippen molar-refractivity contribution in [3.8, 4) is 11.1 Å². The topological polar surface area (TPSA) is 0 Å². The van der Waals surface area contributed by atoms with Gasteiger partial charge in [0.2, 0.25) is 0 Å². The number of halogens is 2. The Morgan fingerprint density at radius 3 is 2.30 bits per heavy atom. The zero-order valence-corrected chi connectivity index (χ0v) is 13.1. The Hall–Kier alpha value is -1.24. The zero-order chi connectivity index (χ0) is 14.3. The van der Waals surface area contributed by atoms with Crippen LogP contribution in [0.15, 0.2) is 48.0 Å². The maximum atomic E-state index is 6.23. The maximum absolute atomic E-state index is 6.23. The molecule has 0 saturated heterocycles. The highest BCUT2D eigenvalue weighted by atomic mass is 35.5. The van der Waals surface area contributed by atoms with E-state index < -0.39 is 4.84 Å². The number of allylic oxidation sites excluding steroid dienone is 2. The summed E-state index contributed by atoms with van der Waals surface area (Å²) in [5, 5.41) is 0. The average Bonchev–Trinajstić information content (AvgIpc) is 2.78. The van der Waals surface area contributed by atoms with Crippen molar-refractivity contribution in [1.29, 1.82) is 0 Å². The summed E-state index contributed by atoms with van der Waals surface area (Å²) in [6, 6.07) is 14.8. The summed E-state index contributed by atoms with van der Waals surface area (Å²) >= 11 is 12.5. The van der Waals surface area contributed by atoms with Crippen LogP contribution in [0.2, 0.25) is 0 Å². The Kier molecular flexibility index (Phi) is 3.62. The minimum atomic E-state index is -0.472. The van der Waals surface area contributed by atoms with Crippen molar-refractivity contribution in [2.24, 2.45) is 0 Å². The van der Waals surface area contributed by atoms with Crippen LogP contribution in [-0.2, 0) is 6.42 Å². The molecule has 3 rings (SSSR count). The number of alkyl halides is 2. The molecule has 2 aromatic carbocycles. The van der Waals surface area contributed by atoms with Crippen molar-refractivity contribution < 1.29 is 0 Å². The van der Waals surface area contributed by atoms with Gasteiger partial charge in [0.1, 0.15) is 4.84 Å². The van der Waals surface area contributed by atoms with Gasteiger partial charge in [0.05, 0.1) is 0 Å². The van der Waals surface area contributed by atoms with Gasteiger partial charge in [-0.3, -0.25) is 0 Å². The smallest absolute Gasteiger partial charge is 0.100 e. The molecule has 0 saturated carbocycles. The summed E-state index contributed by atoms with van der Waals surface area (Å²) in [6.07, 6.45) is 0.952. The van der Waals surface area contributed by atoms with Gasteiger partial charge in [0, 0.05) is 0 Å². The van der Waals surface area contributed by atoms with Crippen LogP contribution in [0, 0.1) is 6.92 Å². The van der Waals surface area contributed by atoms with Gasteiger partial charge < -0.3 is 0 Å². The molecule has 0 nitrogen and oxygen atoms in total. The normalized spacial score (nSPS) is 14.1. The molecule has 1 aliphatic carbocycles. The second-order valence-corrected chi connectivity index (χ2v) is 6.42. The molecule has 0 radical (unpaired) electrons. The summed E-state index contributed by atoms with van der Waals surface area (Å²) in [4.78, 5) is -0.472. The van der Waals surface area contributed by atoms with Gasteiger partial charge in [-0.25, -0.2) is 0 Å². The van der Waals surface area contributed by atoms with Crippen LogP contribution in [0.25, 0.3) is 16.7 Å². The predicted octanol–water partition coefficient (Wildman–Crippen LogP) is 5.80. The van der Waals surface area contributed by atoms with E-state index in [0.29, 0.717) is 0 Å². The largest absolute Gasteiger partial charge is 0.133 e. The van der Waals surface area contributed by atoms with Gasteiger partial charge in [-0.1, -0.05) is 48.0 Å². The highest BCUT2D eigenvalue weighted by molar-refractivity contribution is 6.50. The van der Waals surface area contributed by atoms with E-state index >= 15 is 0 Å². The number of benzene rings is 2. The molecule has 0 N–H and O–H groups in total. The minimum absolute atomic E-state index is 0.472. The fraction of sp³-hybridized carbons (Fsp3) is 0.222. The molecule has 2 heteroatoms. The van der Waals surface area contributed by atoms with Crippen molar-refractivity contribution in [3.05, 3.63) is 64.7 Å². The molecular formula is C18H16Cl2. The third-order valence-electron chi connectivity index (χ3n) is 4.02. The fourth-order valence-electron chi connectivity index (χ4n) is 3.01. The monoisotopic (exact) mass is 302 g/mol. The second-order valence-electron chi connectivity index (χ2n) is 5.32. The summed E-state index contributed by atoms with van der Waals surface area (Å²) in [6.45, 7) is 4.28. The van der Waals surface area contributed by atoms with Gasteiger partial charge >= 0.3 is 0 Å². The van der Waals surface area contributed by atoms with E-state index in [4.69, 9.17) is 23.2 Å². The van der Waals surface area contributed by atoms with Gasteiger partial charge in [0.25, 0.3) is 0 Å². The van der Waals surface area contributed by atoms with E-state index in [-0.39, 0.29) is 0 Å². The highest BCUT2D eigenvalue weighted by Gasteiger charge is 2.27. The van der Waals surface area contributed by atoms with Crippen LogP contribution in [0.5, 0.6) is 0 Å². The van der Waals surface area contributed by atoms with Crippen LogP contribution in [0.1, 0.15) is 23.6 Å². The lowest BCUT2D eigenvalue weighted by atomic mass is 9.91. The number of rotatable bonds is 2. The Morgan fingerprint density at radius 1 is 0.950 bits per heavy atom. The molecule has 0 spiro atoms. The molecule has 0 heterocycles. The van der Waals surface area contributed by atoms with Crippen LogP contribution < -0.4 is 0 Å². The molecule has 20 heavy (non-hydrogen) atoms. The predicted molar refractivity (Wildman–Crippen MR) is 88.4 cm³/mol. The van der Waals surface area contributed by atoms with E-state index in [9.17, 15) is 0 Å². The second kappa shape index (κ2) is 5.27. The fourth-order valence-corrected chi connectivity index (χ4v) is 3.61. The molecule has 0 fully saturated rings. The van der Waals surface area contributed by atoms with Gasteiger partial charge in [-0.15, -0.1) is 23.2 Å². The van der Waals surface area contributed by atoms with Crippen LogP contribution in [-0.4, -0.2) is 4.84 Å². The molecule has 0 aliphatic heterocycles. The third kappa shape index (κ3) is 2.17. The van der Waals surface area contributed by atoms with E-state index in [1.165, 1.54) is 33.4 Å². The van der Waals surface area contributed by atoms with Crippen molar-refractivity contribution in [1.82, 2.24) is 0 Å². The molecule has 2 aromatic rings. The van der Waals surface area contributed by atoms with E-state index in [1.54, 1.807) is 0 Å². The SMILES string of the molecule is CC1=C(C(Cl)Cl)c2c(-c3ccccc3)ccc(C)c2C1. The Bertz CT molecular complexity index is 682. The lowest BCUT2D eigenvalue weighted by molar-refractivity contribution is 1.16. The van der Waals surface area contributed by atoms with E-state index in [0.717, 1.165) is 12.0 Å². The molecule has 1 aliphatic rings. The molecule has 0 unspecified atom stereocenters. The molecule has 0 bridgehead atoms. The minimum Gasteiger partial charge on any atom is -0.100 e. The first-order valence-corrected chi connectivity index (χ1v) is 7.63. The number of hydrogen-bond donors (Lipinski definition) is 0. The molecule has 0 atom stereocenters. The highest BCUT2D eigenvalue weighted by Crippen LogP contribution is 2.44. The van der Waals surface area contributed by atoms with Gasteiger partial charge in [-0.05, 0) is 53.7 Å². The summed E-state index contributed by atoms with van der Waals surface area (Å²) in [5.41, 5.74) is 8.72. The van der Waals surface area contributed by atoms with Crippen molar-refractivity contribution in [2.45, 2.75) is 25.1 Å². The van der Waals surface area contributed by atoms with Crippen molar-refractivity contribution in [2.75, 3.05) is 0 Å². The van der Waals surface area contributed by atoms with Crippen molar-refractivity contribution >= 4 is 28.8 Å². The van der Waals surface area contributed by atoms with Crippen LogP contribution in [0.3, 0.4) is 0 Å². The van der Waals surface area contributed by atoms with E-state index in [1.807, 2.05) is 6.07 Å². The third-order valence-corrected chi connectivity index (χ3v) is 4.46. The number of hydrogen-bond acceptors (Lipinski definition) is 0. The van der Waals surface area contributed by atoms with E-state index in [2.05, 4.69) is 50.2 Å². The Morgan fingerprint density at radius 2 is 1.65 bits per heavy atom. The number of fused-ring (bicyclic) bond motifs is 1. The van der Waals surface area contributed by atoms with Crippen LogP contribution in [0.4, 0.5) is 0 Å².